The molecular weight excluding hydrogens is 413 g/mol. The molecule has 2 amide bonds. The second-order valence-corrected chi connectivity index (χ2v) is 7.14. The van der Waals surface area contributed by atoms with Crippen molar-refractivity contribution in [3.63, 3.8) is 0 Å². The number of hydrogen-bond donors (Lipinski definition) is 0. The van der Waals surface area contributed by atoms with Gasteiger partial charge in [0.2, 0.25) is 5.91 Å². The van der Waals surface area contributed by atoms with Gasteiger partial charge in [-0.1, -0.05) is 12.1 Å². The number of aryl methyl sites for hydroxylation is 2. The Labute approximate surface area is 177 Å². The first-order valence-corrected chi connectivity index (χ1v) is 9.60. The highest BCUT2D eigenvalue weighted by atomic mass is 19.4. The Morgan fingerprint density at radius 1 is 1.06 bits per heavy atom. The van der Waals surface area contributed by atoms with Crippen molar-refractivity contribution in [2.45, 2.75) is 26.9 Å². The van der Waals surface area contributed by atoms with Crippen molar-refractivity contribution < 1.29 is 32.3 Å². The second kappa shape index (κ2) is 8.41. The number of carbonyl (C=O) groups is 3. The molecule has 0 saturated carbocycles. The number of benzene rings is 2. The Hall–Kier alpha value is -3.36. The molecule has 0 aliphatic carbocycles. The van der Waals surface area contributed by atoms with Crippen molar-refractivity contribution >= 4 is 29.2 Å². The molecule has 0 spiro atoms. The van der Waals surface area contributed by atoms with Gasteiger partial charge in [0, 0.05) is 0 Å². The van der Waals surface area contributed by atoms with Crippen LogP contribution in [-0.4, -0.2) is 37.5 Å². The molecule has 0 saturated heterocycles. The summed E-state index contributed by atoms with van der Waals surface area (Å²) in [7, 11) is 0. The van der Waals surface area contributed by atoms with Gasteiger partial charge in [-0.25, -0.2) is 0 Å². The summed E-state index contributed by atoms with van der Waals surface area (Å²) in [6.45, 7) is 4.50. The zero-order valence-electron chi connectivity index (χ0n) is 17.2. The van der Waals surface area contributed by atoms with Gasteiger partial charge >= 0.3 is 12.1 Å². The van der Waals surface area contributed by atoms with Gasteiger partial charge in [-0.2, -0.15) is 13.2 Å². The van der Waals surface area contributed by atoms with Gasteiger partial charge in [-0.05, 0) is 56.2 Å². The molecule has 164 valence electrons. The summed E-state index contributed by atoms with van der Waals surface area (Å²) in [6, 6.07) is 7.71. The number of carbonyl (C=O) groups excluding carboxylic acids is 3. The maximum atomic E-state index is 13.4. The zero-order chi connectivity index (χ0) is 22.9. The Kier molecular flexibility index (Phi) is 6.06. The number of ether oxygens (including phenoxy) is 1. The lowest BCUT2D eigenvalue weighted by Gasteiger charge is -2.36. The van der Waals surface area contributed by atoms with Crippen LogP contribution in [0.3, 0.4) is 0 Å². The Bertz CT molecular complexity index is 1050. The Balaban J connectivity index is 2.10. The number of alkyl halides is 3. The molecule has 0 bridgehead atoms. The molecule has 0 atom stereocenters. The molecule has 6 nitrogen and oxygen atoms in total. The van der Waals surface area contributed by atoms with Crippen LogP contribution in [0.2, 0.25) is 0 Å². The van der Waals surface area contributed by atoms with E-state index < -0.39 is 41.6 Å². The first-order chi connectivity index (χ1) is 14.5. The molecule has 0 fully saturated rings. The minimum Gasteiger partial charge on any atom is -0.465 e. The zero-order valence-corrected chi connectivity index (χ0v) is 17.2. The third kappa shape index (κ3) is 4.40. The number of nitrogens with zero attached hydrogens (tertiary/aromatic N) is 2. The molecule has 2 aromatic carbocycles. The van der Waals surface area contributed by atoms with Gasteiger partial charge in [-0.3, -0.25) is 24.2 Å². The normalized spacial score (nSPS) is 13.8. The summed E-state index contributed by atoms with van der Waals surface area (Å²) >= 11 is 0. The van der Waals surface area contributed by atoms with Gasteiger partial charge in [0.15, 0.2) is 0 Å². The quantitative estimate of drug-likeness (QED) is 0.685. The summed E-state index contributed by atoms with van der Waals surface area (Å²) in [5.74, 6) is -2.16. The van der Waals surface area contributed by atoms with Crippen LogP contribution in [0.5, 0.6) is 0 Å². The Morgan fingerprint density at radius 2 is 1.68 bits per heavy atom. The van der Waals surface area contributed by atoms with E-state index in [0.717, 1.165) is 28.2 Å². The maximum absolute atomic E-state index is 13.4. The lowest BCUT2D eigenvalue weighted by molar-refractivity contribution is -0.142. The van der Waals surface area contributed by atoms with Gasteiger partial charge in [0.1, 0.15) is 13.1 Å². The molecule has 0 N–H and O–H groups in total. The first kappa shape index (κ1) is 22.3. The highest BCUT2D eigenvalue weighted by Crippen LogP contribution is 2.38. The van der Waals surface area contributed by atoms with Crippen LogP contribution < -0.4 is 9.80 Å². The predicted octanol–water partition coefficient (Wildman–Crippen LogP) is 3.88. The summed E-state index contributed by atoms with van der Waals surface area (Å²) in [4.78, 5) is 40.2. The van der Waals surface area contributed by atoms with E-state index in [-0.39, 0.29) is 24.5 Å². The van der Waals surface area contributed by atoms with Crippen LogP contribution in [0.4, 0.5) is 24.5 Å². The summed E-state index contributed by atoms with van der Waals surface area (Å²) in [5.41, 5.74) is 0.480. The number of anilines is 2. The summed E-state index contributed by atoms with van der Waals surface area (Å²) in [6.07, 6.45) is -4.73. The van der Waals surface area contributed by atoms with Crippen LogP contribution in [-0.2, 0) is 20.5 Å². The molecule has 0 radical (unpaired) electrons. The van der Waals surface area contributed by atoms with Gasteiger partial charge in [0.25, 0.3) is 5.91 Å². The fourth-order valence-electron chi connectivity index (χ4n) is 3.41. The number of halogens is 3. The molecular formula is C22H21F3N2O4. The smallest absolute Gasteiger partial charge is 0.417 e. The highest BCUT2D eigenvalue weighted by Gasteiger charge is 2.39. The summed E-state index contributed by atoms with van der Waals surface area (Å²) < 4.78 is 45.3. The van der Waals surface area contributed by atoms with Gasteiger partial charge in [-0.15, -0.1) is 0 Å². The fraction of sp³-hybridized carbons (Fsp3) is 0.318. The molecule has 1 aliphatic rings. The van der Waals surface area contributed by atoms with Crippen molar-refractivity contribution in [3.05, 3.63) is 58.7 Å². The minimum absolute atomic E-state index is 0.138. The van der Waals surface area contributed by atoms with Crippen LogP contribution in [0, 0.1) is 13.8 Å². The fourth-order valence-corrected chi connectivity index (χ4v) is 3.41. The van der Waals surface area contributed by atoms with E-state index in [0.29, 0.717) is 0 Å². The van der Waals surface area contributed by atoms with E-state index in [1.54, 1.807) is 32.9 Å². The van der Waals surface area contributed by atoms with Gasteiger partial charge in [0.05, 0.1) is 29.1 Å². The van der Waals surface area contributed by atoms with Crippen molar-refractivity contribution in [3.8, 4) is 0 Å². The molecule has 0 aromatic heterocycles. The van der Waals surface area contributed by atoms with E-state index >= 15 is 0 Å². The lowest BCUT2D eigenvalue weighted by atomic mass is 10.0. The molecule has 1 aliphatic heterocycles. The van der Waals surface area contributed by atoms with Gasteiger partial charge < -0.3 is 4.74 Å². The average Bonchev–Trinajstić information content (AvgIpc) is 2.70. The standard InChI is InChI=1S/C22H21F3N2O4/c1-4-31-20(29)12-26-17-9-13(2)14(3)10-18(17)27(11-19(26)28)21(30)15-7-5-6-8-16(15)22(23,24)25/h5-10H,4,11-12H2,1-3H3. The maximum Gasteiger partial charge on any atom is 0.417 e. The summed E-state index contributed by atoms with van der Waals surface area (Å²) in [5, 5.41) is 0. The van der Waals surface area contributed by atoms with Crippen LogP contribution in [0.15, 0.2) is 36.4 Å². The van der Waals surface area contributed by atoms with E-state index in [9.17, 15) is 27.6 Å². The molecule has 1 heterocycles. The Morgan fingerprint density at radius 3 is 2.29 bits per heavy atom. The lowest BCUT2D eigenvalue weighted by Crippen LogP contribution is -2.50. The van der Waals surface area contributed by atoms with Crippen LogP contribution in [0.25, 0.3) is 0 Å². The van der Waals surface area contributed by atoms with Crippen LogP contribution >= 0.6 is 0 Å². The van der Waals surface area contributed by atoms with E-state index in [2.05, 4.69) is 0 Å². The third-order valence-electron chi connectivity index (χ3n) is 5.07. The van der Waals surface area contributed by atoms with Crippen molar-refractivity contribution in [1.29, 1.82) is 0 Å². The van der Waals surface area contributed by atoms with Crippen molar-refractivity contribution in [2.75, 3.05) is 29.5 Å². The topological polar surface area (TPSA) is 66.9 Å². The largest absolute Gasteiger partial charge is 0.465 e. The minimum atomic E-state index is -4.73. The monoisotopic (exact) mass is 434 g/mol. The average molecular weight is 434 g/mol. The number of fused-ring (bicyclic) bond motifs is 1. The van der Waals surface area contributed by atoms with E-state index in [1.807, 2.05) is 0 Å². The second-order valence-electron chi connectivity index (χ2n) is 7.14. The van der Waals surface area contributed by atoms with Crippen molar-refractivity contribution in [1.82, 2.24) is 0 Å². The molecule has 3 rings (SSSR count). The molecule has 9 heteroatoms. The molecule has 2 aromatic rings. The highest BCUT2D eigenvalue weighted by molar-refractivity contribution is 6.17. The molecule has 31 heavy (non-hydrogen) atoms. The number of esters is 1. The SMILES string of the molecule is CCOC(=O)CN1C(=O)CN(C(=O)c2ccccc2C(F)(F)F)c2cc(C)c(C)cc21. The van der Waals surface area contributed by atoms with E-state index in [1.165, 1.54) is 17.0 Å². The van der Waals surface area contributed by atoms with E-state index in [4.69, 9.17) is 4.74 Å². The number of hydrogen-bond acceptors (Lipinski definition) is 4. The number of amides is 2. The first-order valence-electron chi connectivity index (χ1n) is 9.60. The van der Waals surface area contributed by atoms with Crippen LogP contribution in [0.1, 0.15) is 34.0 Å². The van der Waals surface area contributed by atoms with Crippen molar-refractivity contribution in [2.24, 2.45) is 0 Å². The third-order valence-corrected chi connectivity index (χ3v) is 5.07. The number of rotatable bonds is 4. The molecule has 0 unspecified atom stereocenters. The predicted molar refractivity (Wildman–Crippen MR) is 108 cm³/mol.